The lowest BCUT2D eigenvalue weighted by molar-refractivity contribution is -0.141. The van der Waals surface area contributed by atoms with Gasteiger partial charge in [0.2, 0.25) is 0 Å². The van der Waals surface area contributed by atoms with Crippen LogP contribution in [0.25, 0.3) is 0 Å². The summed E-state index contributed by atoms with van der Waals surface area (Å²) in [6.45, 7) is 1.58. The van der Waals surface area contributed by atoms with Crippen molar-refractivity contribution in [3.63, 3.8) is 0 Å². The van der Waals surface area contributed by atoms with Crippen molar-refractivity contribution in [1.82, 2.24) is 5.43 Å². The molecule has 0 radical (unpaired) electrons. The number of hydrogen-bond acceptors (Lipinski definition) is 6. The molecule has 10 nitrogen and oxygen atoms in total. The van der Waals surface area contributed by atoms with Crippen molar-refractivity contribution in [2.24, 2.45) is 11.0 Å². The van der Waals surface area contributed by atoms with E-state index in [-0.39, 0.29) is 28.3 Å². The van der Waals surface area contributed by atoms with Crippen LogP contribution in [0.15, 0.2) is 76.7 Å². The molecule has 0 fully saturated rings. The number of sulfonamides is 1. The van der Waals surface area contributed by atoms with Crippen molar-refractivity contribution in [3.05, 3.63) is 87.0 Å². The molecule has 1 heterocycles. The molecule has 1 aliphatic heterocycles. The summed E-state index contributed by atoms with van der Waals surface area (Å²) in [7, 11) is -3.90. The number of halogens is 1. The number of amides is 2. The number of nitrogens with one attached hydrogen (secondary N) is 3. The maximum Gasteiger partial charge on any atom is 0.306 e. The molecule has 1 unspecified atom stereocenters. The third-order valence-electron chi connectivity index (χ3n) is 5.57. The maximum atomic E-state index is 12.7. The molecule has 0 aromatic heterocycles. The number of hydrazone groups is 1. The van der Waals surface area contributed by atoms with Gasteiger partial charge < -0.3 is 10.4 Å². The van der Waals surface area contributed by atoms with Gasteiger partial charge in [-0.25, -0.2) is 13.8 Å². The zero-order chi connectivity index (χ0) is 26.7. The minimum Gasteiger partial charge on any atom is -0.481 e. The minimum absolute atomic E-state index is 0.0154. The van der Waals surface area contributed by atoms with Crippen LogP contribution in [0.3, 0.4) is 0 Å². The first-order valence-electron chi connectivity index (χ1n) is 11.0. The van der Waals surface area contributed by atoms with Gasteiger partial charge in [0.05, 0.1) is 16.5 Å². The monoisotopic (exact) mass is 632 g/mol. The Morgan fingerprint density at radius 1 is 1.05 bits per heavy atom. The first kappa shape index (κ1) is 26.3. The van der Waals surface area contributed by atoms with Crippen LogP contribution in [0.4, 0.5) is 11.4 Å². The summed E-state index contributed by atoms with van der Waals surface area (Å²) < 4.78 is 28.8. The van der Waals surface area contributed by atoms with Crippen LogP contribution in [-0.2, 0) is 26.0 Å². The summed E-state index contributed by atoms with van der Waals surface area (Å²) in [6, 6.07) is 17.1. The van der Waals surface area contributed by atoms with E-state index in [4.69, 9.17) is 5.11 Å². The Bertz CT molecular complexity index is 1520. The van der Waals surface area contributed by atoms with E-state index in [9.17, 15) is 22.8 Å². The fraction of sp³-hybridized carbons (Fsp3) is 0.120. The predicted octanol–water partition coefficient (Wildman–Crippen LogP) is 3.44. The van der Waals surface area contributed by atoms with Gasteiger partial charge in [0.25, 0.3) is 21.8 Å². The zero-order valence-corrected chi connectivity index (χ0v) is 22.3. The van der Waals surface area contributed by atoms with Crippen molar-refractivity contribution >= 4 is 67.5 Å². The maximum absolute atomic E-state index is 12.7. The molecule has 190 valence electrons. The summed E-state index contributed by atoms with van der Waals surface area (Å²) in [4.78, 5) is 35.7. The van der Waals surface area contributed by atoms with Crippen molar-refractivity contribution in [1.29, 1.82) is 0 Å². The van der Waals surface area contributed by atoms with E-state index in [0.29, 0.717) is 16.8 Å². The van der Waals surface area contributed by atoms with Gasteiger partial charge in [0, 0.05) is 20.4 Å². The summed E-state index contributed by atoms with van der Waals surface area (Å²) in [5, 5.41) is 15.7. The molecular weight excluding hydrogens is 611 g/mol. The molecule has 0 saturated heterocycles. The zero-order valence-electron chi connectivity index (χ0n) is 19.4. The number of anilines is 2. The third-order valence-corrected chi connectivity index (χ3v) is 7.63. The quantitative estimate of drug-likeness (QED) is 0.221. The Morgan fingerprint density at radius 2 is 1.73 bits per heavy atom. The summed E-state index contributed by atoms with van der Waals surface area (Å²) >= 11 is 2.11. The fourth-order valence-corrected chi connectivity index (χ4v) is 5.11. The molecule has 4 N–H and O–H groups in total. The van der Waals surface area contributed by atoms with E-state index >= 15 is 0 Å². The Morgan fingerprint density at radius 3 is 2.38 bits per heavy atom. The molecule has 0 bridgehead atoms. The highest BCUT2D eigenvalue weighted by atomic mass is 127. The van der Waals surface area contributed by atoms with Crippen LogP contribution in [-0.4, -0.2) is 37.0 Å². The SMILES string of the molecule is CC(Cc1ccc(S(=O)(=O)Nc2ccc(C(=O)N/N=C3\C(=O)Nc4ccc(I)cc43)cc2)cc1)C(=O)O. The second kappa shape index (κ2) is 10.7. The molecule has 3 aromatic rings. The molecule has 2 amide bonds. The molecule has 12 heteroatoms. The highest BCUT2D eigenvalue weighted by Crippen LogP contribution is 2.25. The van der Waals surface area contributed by atoms with Gasteiger partial charge in [-0.15, -0.1) is 0 Å². The van der Waals surface area contributed by atoms with Gasteiger partial charge in [-0.05, 0) is 89.2 Å². The molecule has 0 spiro atoms. The van der Waals surface area contributed by atoms with Gasteiger partial charge in [0.1, 0.15) is 0 Å². The first-order valence-corrected chi connectivity index (χ1v) is 13.5. The van der Waals surface area contributed by atoms with Gasteiger partial charge in [0.15, 0.2) is 5.71 Å². The minimum atomic E-state index is -3.90. The second-order valence-electron chi connectivity index (χ2n) is 8.32. The highest BCUT2D eigenvalue weighted by Gasteiger charge is 2.26. The van der Waals surface area contributed by atoms with E-state index in [1.165, 1.54) is 36.4 Å². The molecule has 4 rings (SSSR count). The first-order chi connectivity index (χ1) is 17.5. The van der Waals surface area contributed by atoms with Crippen molar-refractivity contribution in [3.8, 4) is 0 Å². The van der Waals surface area contributed by atoms with E-state index in [0.717, 1.165) is 3.57 Å². The Labute approximate surface area is 226 Å². The van der Waals surface area contributed by atoms with E-state index in [1.807, 2.05) is 6.07 Å². The molecule has 3 aromatic carbocycles. The number of carbonyl (C=O) groups excluding carboxylic acids is 2. The Balaban J connectivity index is 1.41. The number of carbonyl (C=O) groups is 3. The summed E-state index contributed by atoms with van der Waals surface area (Å²) in [5.41, 5.74) is 4.82. The number of carboxylic acids is 1. The fourth-order valence-electron chi connectivity index (χ4n) is 3.56. The van der Waals surface area contributed by atoms with E-state index in [2.05, 4.69) is 43.2 Å². The lowest BCUT2D eigenvalue weighted by atomic mass is 10.0. The average molecular weight is 632 g/mol. The number of hydrogen-bond donors (Lipinski definition) is 4. The lowest BCUT2D eigenvalue weighted by Crippen LogP contribution is -2.23. The van der Waals surface area contributed by atoms with Crippen LogP contribution in [0, 0.1) is 9.49 Å². The van der Waals surface area contributed by atoms with Gasteiger partial charge in [-0.2, -0.15) is 5.10 Å². The molecule has 0 saturated carbocycles. The number of nitrogens with zero attached hydrogens (tertiary/aromatic N) is 1. The number of benzene rings is 3. The standard InChI is InChI=1S/C25H21IN4O6S/c1-14(25(33)34)12-15-2-9-19(10-3-15)37(35,36)30-18-7-4-16(5-8-18)23(31)29-28-22-20-13-17(26)6-11-21(20)27-24(22)32/h2-11,13-14,30H,12H2,1H3,(H,29,31)(H,33,34)(H,27,28,32). The van der Waals surface area contributed by atoms with Gasteiger partial charge in [-0.1, -0.05) is 19.1 Å². The average Bonchev–Trinajstić information content (AvgIpc) is 3.17. The summed E-state index contributed by atoms with van der Waals surface area (Å²) in [6.07, 6.45) is 0.286. The lowest BCUT2D eigenvalue weighted by Gasteiger charge is -2.10. The smallest absolute Gasteiger partial charge is 0.306 e. The normalized spacial score (nSPS) is 14.5. The van der Waals surface area contributed by atoms with Gasteiger partial charge >= 0.3 is 5.97 Å². The second-order valence-corrected chi connectivity index (χ2v) is 11.2. The molecular formula is C25H21IN4O6S. The highest BCUT2D eigenvalue weighted by molar-refractivity contribution is 14.1. The largest absolute Gasteiger partial charge is 0.481 e. The summed E-state index contributed by atoms with van der Waals surface area (Å²) in [5.74, 6) is -2.50. The van der Waals surface area contributed by atoms with Gasteiger partial charge in [-0.3, -0.25) is 19.1 Å². The van der Waals surface area contributed by atoms with Crippen LogP contribution in [0.1, 0.15) is 28.4 Å². The van der Waals surface area contributed by atoms with Crippen LogP contribution >= 0.6 is 22.6 Å². The Kier molecular flexibility index (Phi) is 7.59. The molecule has 1 aliphatic rings. The van der Waals surface area contributed by atoms with E-state index < -0.39 is 33.7 Å². The molecule has 0 aliphatic carbocycles. The predicted molar refractivity (Wildman–Crippen MR) is 146 cm³/mol. The third kappa shape index (κ3) is 6.14. The van der Waals surface area contributed by atoms with Crippen molar-refractivity contribution < 1.29 is 27.9 Å². The molecule has 1 atom stereocenters. The number of aliphatic carboxylic acids is 1. The van der Waals surface area contributed by atoms with Crippen molar-refractivity contribution in [2.45, 2.75) is 18.2 Å². The number of rotatable bonds is 8. The molecule has 37 heavy (non-hydrogen) atoms. The Hall–Kier alpha value is -3.78. The van der Waals surface area contributed by atoms with Crippen LogP contribution in [0.5, 0.6) is 0 Å². The topological polar surface area (TPSA) is 154 Å². The van der Waals surface area contributed by atoms with Crippen LogP contribution in [0.2, 0.25) is 0 Å². The number of fused-ring (bicyclic) bond motifs is 1. The van der Waals surface area contributed by atoms with Crippen LogP contribution < -0.4 is 15.5 Å². The van der Waals surface area contributed by atoms with E-state index in [1.54, 1.807) is 31.2 Å². The number of carboxylic acid groups (broad SMARTS) is 1. The van der Waals surface area contributed by atoms with Crippen molar-refractivity contribution in [2.75, 3.05) is 10.0 Å².